The highest BCUT2D eigenvalue weighted by molar-refractivity contribution is 5.58. The Morgan fingerprint density at radius 3 is 2.87 bits per heavy atom. The summed E-state index contributed by atoms with van der Waals surface area (Å²) in [6, 6.07) is 8.21. The van der Waals surface area contributed by atoms with Crippen LogP contribution in [0.2, 0.25) is 0 Å². The number of rotatable bonds is 4. The predicted octanol–water partition coefficient (Wildman–Crippen LogP) is 2.72. The van der Waals surface area contributed by atoms with Crippen molar-refractivity contribution in [3.05, 3.63) is 23.8 Å². The van der Waals surface area contributed by atoms with Crippen LogP contribution in [0.5, 0.6) is 5.75 Å². The highest BCUT2D eigenvalue weighted by Gasteiger charge is 2.06. The lowest BCUT2D eigenvalue weighted by Crippen LogP contribution is -2.14. The minimum Gasteiger partial charge on any atom is -0.495 e. The molecular weight excluding hydrogens is 188 g/mol. The molecular formula is C12H16N2O. The monoisotopic (exact) mass is 204 g/mol. The van der Waals surface area contributed by atoms with E-state index >= 15 is 0 Å². The van der Waals surface area contributed by atoms with Crippen LogP contribution in [0.25, 0.3) is 0 Å². The van der Waals surface area contributed by atoms with Crippen LogP contribution >= 0.6 is 0 Å². The van der Waals surface area contributed by atoms with E-state index in [1.807, 2.05) is 32.0 Å². The molecule has 0 spiro atoms. The van der Waals surface area contributed by atoms with Gasteiger partial charge in [-0.25, -0.2) is 0 Å². The third kappa shape index (κ3) is 3.17. The number of hydrogen-bond donors (Lipinski definition) is 1. The summed E-state index contributed by atoms with van der Waals surface area (Å²) in [4.78, 5) is 0. The van der Waals surface area contributed by atoms with Gasteiger partial charge >= 0.3 is 0 Å². The number of anilines is 1. The highest BCUT2D eigenvalue weighted by Crippen LogP contribution is 2.26. The fraction of sp³-hybridized carbons (Fsp3) is 0.417. The van der Waals surface area contributed by atoms with E-state index in [0.717, 1.165) is 11.4 Å². The summed E-state index contributed by atoms with van der Waals surface area (Å²) in [7, 11) is 1.64. The maximum absolute atomic E-state index is 8.57. The third-order valence-electron chi connectivity index (χ3n) is 2.15. The van der Waals surface area contributed by atoms with Crippen molar-refractivity contribution in [1.82, 2.24) is 0 Å². The van der Waals surface area contributed by atoms with Crippen molar-refractivity contribution in [2.24, 2.45) is 0 Å². The molecule has 1 aromatic rings. The fourth-order valence-electron chi connectivity index (χ4n) is 1.39. The van der Waals surface area contributed by atoms with E-state index in [9.17, 15) is 0 Å². The summed E-state index contributed by atoms with van der Waals surface area (Å²) in [5, 5.41) is 11.8. The van der Waals surface area contributed by atoms with Gasteiger partial charge in [-0.3, -0.25) is 0 Å². The second-order valence-electron chi connectivity index (χ2n) is 3.61. The Balaban J connectivity index is 2.83. The van der Waals surface area contributed by atoms with Crippen LogP contribution < -0.4 is 10.1 Å². The average Bonchev–Trinajstić information content (AvgIpc) is 2.18. The number of ether oxygens (including phenoxy) is 1. The van der Waals surface area contributed by atoms with E-state index in [-0.39, 0.29) is 6.04 Å². The Morgan fingerprint density at radius 2 is 2.27 bits per heavy atom. The number of nitriles is 1. The van der Waals surface area contributed by atoms with Crippen molar-refractivity contribution in [2.75, 3.05) is 12.4 Å². The highest BCUT2D eigenvalue weighted by atomic mass is 16.5. The minimum atomic E-state index is 0.130. The number of methoxy groups -OCH3 is 1. The van der Waals surface area contributed by atoms with Crippen molar-refractivity contribution in [1.29, 1.82) is 5.26 Å². The van der Waals surface area contributed by atoms with Crippen molar-refractivity contribution >= 4 is 5.69 Å². The average molecular weight is 204 g/mol. The lowest BCUT2D eigenvalue weighted by atomic mass is 10.1. The van der Waals surface area contributed by atoms with Gasteiger partial charge in [-0.2, -0.15) is 5.26 Å². The van der Waals surface area contributed by atoms with E-state index in [1.54, 1.807) is 7.11 Å². The van der Waals surface area contributed by atoms with Gasteiger partial charge in [-0.05, 0) is 31.5 Å². The molecule has 0 aliphatic rings. The second-order valence-corrected chi connectivity index (χ2v) is 3.61. The molecule has 0 heterocycles. The quantitative estimate of drug-likeness (QED) is 0.820. The lowest BCUT2D eigenvalue weighted by Gasteiger charge is -2.15. The van der Waals surface area contributed by atoms with Crippen LogP contribution in [0.4, 0.5) is 5.69 Å². The van der Waals surface area contributed by atoms with E-state index in [1.165, 1.54) is 5.56 Å². The summed E-state index contributed by atoms with van der Waals surface area (Å²) < 4.78 is 5.23. The largest absolute Gasteiger partial charge is 0.495 e. The predicted molar refractivity (Wildman–Crippen MR) is 61.0 cm³/mol. The Hall–Kier alpha value is -1.69. The van der Waals surface area contributed by atoms with Crippen LogP contribution in [-0.4, -0.2) is 13.2 Å². The second kappa shape index (κ2) is 5.26. The first-order valence-electron chi connectivity index (χ1n) is 4.95. The van der Waals surface area contributed by atoms with Gasteiger partial charge < -0.3 is 10.1 Å². The van der Waals surface area contributed by atoms with Crippen molar-refractivity contribution in [3.8, 4) is 11.8 Å². The van der Waals surface area contributed by atoms with Gasteiger partial charge in [0.1, 0.15) is 5.75 Å². The number of benzene rings is 1. The zero-order valence-electron chi connectivity index (χ0n) is 9.37. The molecule has 0 amide bonds. The molecule has 3 heteroatoms. The van der Waals surface area contributed by atoms with Gasteiger partial charge in [0.15, 0.2) is 0 Å². The fourth-order valence-corrected chi connectivity index (χ4v) is 1.39. The Kier molecular flexibility index (Phi) is 3.99. The van der Waals surface area contributed by atoms with Gasteiger partial charge in [-0.1, -0.05) is 6.07 Å². The Bertz CT molecular complexity index is 368. The van der Waals surface area contributed by atoms with Crippen LogP contribution in [0.1, 0.15) is 18.9 Å². The molecule has 15 heavy (non-hydrogen) atoms. The minimum absolute atomic E-state index is 0.130. The first-order chi connectivity index (χ1) is 7.17. The molecule has 0 saturated heterocycles. The summed E-state index contributed by atoms with van der Waals surface area (Å²) in [5.74, 6) is 0.811. The number of hydrogen-bond acceptors (Lipinski definition) is 3. The van der Waals surface area contributed by atoms with Crippen LogP contribution in [0, 0.1) is 18.3 Å². The van der Waals surface area contributed by atoms with Crippen molar-refractivity contribution in [3.63, 3.8) is 0 Å². The zero-order valence-corrected chi connectivity index (χ0v) is 9.37. The van der Waals surface area contributed by atoms with Crippen molar-refractivity contribution in [2.45, 2.75) is 26.3 Å². The maximum atomic E-state index is 8.57. The molecule has 0 radical (unpaired) electrons. The summed E-state index contributed by atoms with van der Waals surface area (Å²) in [5.41, 5.74) is 2.11. The topological polar surface area (TPSA) is 45.0 Å². The van der Waals surface area contributed by atoms with Crippen LogP contribution in [0.3, 0.4) is 0 Å². The first-order valence-corrected chi connectivity index (χ1v) is 4.95. The number of nitrogens with one attached hydrogen (secondary N) is 1. The normalized spacial score (nSPS) is 11.6. The molecule has 1 N–H and O–H groups in total. The van der Waals surface area contributed by atoms with Crippen LogP contribution in [-0.2, 0) is 0 Å². The summed E-state index contributed by atoms with van der Waals surface area (Å²) in [6.07, 6.45) is 0.483. The van der Waals surface area contributed by atoms with Gasteiger partial charge in [0.2, 0.25) is 0 Å². The van der Waals surface area contributed by atoms with Gasteiger partial charge in [0.25, 0.3) is 0 Å². The molecule has 80 valence electrons. The van der Waals surface area contributed by atoms with E-state index in [2.05, 4.69) is 11.4 Å². The molecule has 0 aliphatic heterocycles. The molecule has 1 rings (SSSR count). The Labute approximate surface area is 90.7 Å². The smallest absolute Gasteiger partial charge is 0.141 e. The number of nitrogens with zero attached hydrogens (tertiary/aromatic N) is 1. The van der Waals surface area contributed by atoms with Crippen molar-refractivity contribution < 1.29 is 4.74 Å². The van der Waals surface area contributed by atoms with E-state index in [4.69, 9.17) is 10.00 Å². The standard InChI is InChI=1S/C12H16N2O/c1-9-4-5-12(15-3)11(8-9)14-10(2)6-7-13/h4-5,8,10,14H,6H2,1-3H3. The lowest BCUT2D eigenvalue weighted by molar-refractivity contribution is 0.416. The third-order valence-corrected chi connectivity index (χ3v) is 2.15. The molecule has 0 saturated carbocycles. The summed E-state index contributed by atoms with van der Waals surface area (Å²) >= 11 is 0. The number of aryl methyl sites for hydroxylation is 1. The first kappa shape index (κ1) is 11.4. The molecule has 3 nitrogen and oxygen atoms in total. The van der Waals surface area contributed by atoms with Crippen LogP contribution in [0.15, 0.2) is 18.2 Å². The maximum Gasteiger partial charge on any atom is 0.141 e. The van der Waals surface area contributed by atoms with E-state index in [0.29, 0.717) is 6.42 Å². The van der Waals surface area contributed by atoms with Gasteiger partial charge in [0, 0.05) is 6.04 Å². The van der Waals surface area contributed by atoms with Gasteiger partial charge in [-0.15, -0.1) is 0 Å². The van der Waals surface area contributed by atoms with E-state index < -0.39 is 0 Å². The molecule has 1 unspecified atom stereocenters. The molecule has 1 aromatic carbocycles. The molecule has 0 bridgehead atoms. The molecule has 1 atom stereocenters. The Morgan fingerprint density at radius 1 is 1.53 bits per heavy atom. The van der Waals surface area contributed by atoms with Gasteiger partial charge in [0.05, 0.1) is 25.3 Å². The summed E-state index contributed by atoms with van der Waals surface area (Å²) in [6.45, 7) is 4.00. The molecule has 0 aliphatic carbocycles. The SMILES string of the molecule is COc1ccc(C)cc1NC(C)CC#N. The zero-order chi connectivity index (χ0) is 11.3. The molecule has 0 fully saturated rings. The molecule has 0 aromatic heterocycles.